The van der Waals surface area contributed by atoms with Crippen LogP contribution in [-0.2, 0) is 22.4 Å². The number of piperidine rings is 2. The van der Waals surface area contributed by atoms with Crippen molar-refractivity contribution in [1.82, 2.24) is 35.0 Å². The molecular formula is C50H52Cl6N8O3. The summed E-state index contributed by atoms with van der Waals surface area (Å²) < 4.78 is 3.59. The third-order valence-corrected chi connectivity index (χ3v) is 14.2. The molecule has 1 amide bonds. The molecule has 4 aliphatic rings. The van der Waals surface area contributed by atoms with Crippen molar-refractivity contribution >= 4 is 81.5 Å². The number of nitrogens with zero attached hydrogens (tertiary/aromatic N) is 6. The number of rotatable bonds is 7. The second kappa shape index (κ2) is 22.5. The summed E-state index contributed by atoms with van der Waals surface area (Å²) in [6.07, 6.45) is 12.1. The van der Waals surface area contributed by atoms with Crippen LogP contribution in [0.4, 0.5) is 0 Å². The van der Waals surface area contributed by atoms with Crippen molar-refractivity contribution < 1.29 is 14.7 Å². The summed E-state index contributed by atoms with van der Waals surface area (Å²) in [4.78, 5) is 25.1. The van der Waals surface area contributed by atoms with E-state index in [9.17, 15) is 14.7 Å². The van der Waals surface area contributed by atoms with Gasteiger partial charge in [-0.15, -0.1) is 0 Å². The van der Waals surface area contributed by atoms with Gasteiger partial charge in [-0.05, 0) is 125 Å². The van der Waals surface area contributed by atoms with Crippen LogP contribution >= 0.6 is 69.6 Å². The van der Waals surface area contributed by atoms with E-state index < -0.39 is 11.9 Å². The van der Waals surface area contributed by atoms with Gasteiger partial charge in [0.1, 0.15) is 5.92 Å². The maximum atomic E-state index is 13.3. The number of amides is 1. The lowest BCUT2D eigenvalue weighted by atomic mass is 9.85. The number of nitrogens with one attached hydrogen (secondary N) is 1. The molecule has 6 aromatic rings. The van der Waals surface area contributed by atoms with Crippen LogP contribution in [0.1, 0.15) is 98.6 Å². The average molecular weight is 1030 g/mol. The summed E-state index contributed by atoms with van der Waals surface area (Å²) in [5, 5.41) is 26.6. The summed E-state index contributed by atoms with van der Waals surface area (Å²) in [5.41, 5.74) is 11.7. The maximum absolute atomic E-state index is 13.3. The fourth-order valence-electron chi connectivity index (χ4n) is 9.34. The van der Waals surface area contributed by atoms with Gasteiger partial charge < -0.3 is 5.11 Å². The molecule has 2 aliphatic carbocycles. The summed E-state index contributed by atoms with van der Waals surface area (Å²) in [6, 6.07) is 25.7. The van der Waals surface area contributed by atoms with E-state index in [1.807, 2.05) is 69.3 Å². The molecule has 17 heteroatoms. The molecule has 4 aromatic carbocycles. The fraction of sp³-hybridized carbons (Fsp3) is 0.360. The van der Waals surface area contributed by atoms with Crippen LogP contribution in [0.3, 0.4) is 0 Å². The zero-order valence-corrected chi connectivity index (χ0v) is 41.4. The number of hydrogen-bond acceptors (Lipinski definition) is 7. The van der Waals surface area contributed by atoms with Crippen molar-refractivity contribution in [2.45, 2.75) is 88.9 Å². The zero-order valence-electron chi connectivity index (χ0n) is 36.8. The number of fused-ring (bicyclic) bond motifs is 2. The lowest BCUT2D eigenvalue weighted by molar-refractivity contribution is -0.139. The Bertz CT molecular complexity index is 2700. The third-order valence-electron chi connectivity index (χ3n) is 12.7. The van der Waals surface area contributed by atoms with Gasteiger partial charge in [-0.25, -0.2) is 19.4 Å². The van der Waals surface area contributed by atoms with E-state index in [4.69, 9.17) is 80.5 Å². The molecule has 2 atom stereocenters. The minimum atomic E-state index is -0.856. The molecular weight excluding hydrogens is 973 g/mol. The van der Waals surface area contributed by atoms with E-state index >= 15 is 0 Å². The number of halogens is 6. The Morgan fingerprint density at radius 1 is 0.552 bits per heavy atom. The molecule has 2 unspecified atom stereocenters. The summed E-state index contributed by atoms with van der Waals surface area (Å²) in [7, 11) is 0. The molecule has 0 radical (unpaired) electrons. The minimum absolute atomic E-state index is 0.0207. The smallest absolute Gasteiger partial charge is 0.312 e. The minimum Gasteiger partial charge on any atom is -0.481 e. The predicted octanol–water partition coefficient (Wildman–Crippen LogP) is 12.8. The second-order valence-electron chi connectivity index (χ2n) is 17.3. The van der Waals surface area contributed by atoms with E-state index in [2.05, 4.69) is 10.5 Å². The van der Waals surface area contributed by atoms with Crippen molar-refractivity contribution in [1.29, 1.82) is 0 Å². The summed E-state index contributed by atoms with van der Waals surface area (Å²) in [6.45, 7) is 3.99. The Balaban J connectivity index is 0.000000161. The molecule has 0 spiro atoms. The molecule has 0 bridgehead atoms. The number of aliphatic carboxylic acids is 1. The van der Waals surface area contributed by atoms with Gasteiger partial charge in [0.05, 0.1) is 50.1 Å². The number of carbonyl (C=O) groups is 2. The molecule has 67 heavy (non-hydrogen) atoms. The van der Waals surface area contributed by atoms with Crippen molar-refractivity contribution in [3.05, 3.63) is 138 Å². The van der Waals surface area contributed by atoms with Crippen molar-refractivity contribution in [2.24, 2.45) is 5.84 Å². The van der Waals surface area contributed by atoms with Crippen LogP contribution in [-0.4, -0.2) is 72.7 Å². The highest BCUT2D eigenvalue weighted by atomic mass is 35.5. The first kappa shape index (κ1) is 49.3. The molecule has 0 saturated carbocycles. The molecule has 4 N–H and O–H groups in total. The topological polar surface area (TPSA) is 135 Å². The lowest BCUT2D eigenvalue weighted by Gasteiger charge is -2.29. The Morgan fingerprint density at radius 2 is 0.970 bits per heavy atom. The van der Waals surface area contributed by atoms with Gasteiger partial charge in [-0.3, -0.25) is 20.9 Å². The first-order valence-corrected chi connectivity index (χ1v) is 25.1. The van der Waals surface area contributed by atoms with Crippen LogP contribution in [0.5, 0.6) is 0 Å². The Hall–Kier alpha value is -4.14. The standard InChI is InChI=1S/C25H25Cl3N4O.C20H15Cl3N2O2.C5H12N2/c26-17-9-7-16(8-10-17)24-19-5-4-6-20(25(33)30-31-13-2-1-3-14-31)23(19)29-32(24)22-12-11-18(27)15-21(22)28;21-12-6-4-11(5-7-12)19-14-2-1-3-15(20(26)27)18(14)24-25(19)17-9-8-13(22)10-16(17)23;6-7-4-2-1-3-5-7/h7-12,15,20H,1-6,13-14H2,(H,30,33);4-10,15H,1-3H2,(H,26,27);1-6H2. The molecule has 2 aliphatic heterocycles. The van der Waals surface area contributed by atoms with Crippen molar-refractivity contribution in [3.8, 4) is 33.9 Å². The summed E-state index contributed by atoms with van der Waals surface area (Å²) in [5.74, 6) is 3.72. The number of nitrogens with two attached hydrogens (primary N) is 1. The first-order valence-electron chi connectivity index (χ1n) is 22.8. The fourth-order valence-corrected chi connectivity index (χ4v) is 10.6. The molecule has 2 fully saturated rings. The van der Waals surface area contributed by atoms with Crippen LogP contribution < -0.4 is 11.3 Å². The van der Waals surface area contributed by atoms with E-state index in [0.29, 0.717) is 47.9 Å². The van der Waals surface area contributed by atoms with Crippen molar-refractivity contribution in [2.75, 3.05) is 26.2 Å². The number of carboxylic acid groups (broad SMARTS) is 1. The summed E-state index contributed by atoms with van der Waals surface area (Å²) >= 11 is 37.4. The Morgan fingerprint density at radius 3 is 1.39 bits per heavy atom. The molecule has 10 rings (SSSR count). The largest absolute Gasteiger partial charge is 0.481 e. The number of carbonyl (C=O) groups excluding carboxylic acids is 1. The lowest BCUT2D eigenvalue weighted by Crippen LogP contribution is -2.47. The zero-order chi connectivity index (χ0) is 47.2. The highest BCUT2D eigenvalue weighted by Crippen LogP contribution is 2.42. The Kier molecular flexibility index (Phi) is 16.6. The second-order valence-corrected chi connectivity index (χ2v) is 19.9. The molecule has 4 heterocycles. The van der Waals surface area contributed by atoms with E-state index in [1.54, 1.807) is 35.0 Å². The average Bonchev–Trinajstić information content (AvgIpc) is 3.90. The quantitative estimate of drug-likeness (QED) is 0.135. The number of benzene rings is 4. The van der Waals surface area contributed by atoms with E-state index in [-0.39, 0.29) is 11.8 Å². The van der Waals surface area contributed by atoms with Gasteiger partial charge in [-0.2, -0.15) is 10.2 Å². The molecule has 352 valence electrons. The Labute approximate surface area is 421 Å². The van der Waals surface area contributed by atoms with E-state index in [1.165, 1.54) is 25.7 Å². The van der Waals surface area contributed by atoms with Crippen LogP contribution in [0.25, 0.3) is 33.9 Å². The first-order chi connectivity index (χ1) is 32.4. The normalized spacial score (nSPS) is 18.4. The van der Waals surface area contributed by atoms with E-state index in [0.717, 1.165) is 116 Å². The number of aromatic nitrogens is 4. The van der Waals surface area contributed by atoms with Gasteiger partial charge in [0, 0.05) is 68.5 Å². The van der Waals surface area contributed by atoms with Gasteiger partial charge in [0.25, 0.3) is 0 Å². The van der Waals surface area contributed by atoms with Crippen molar-refractivity contribution in [3.63, 3.8) is 0 Å². The highest BCUT2D eigenvalue weighted by molar-refractivity contribution is 6.36. The van der Waals surface area contributed by atoms with Crippen LogP contribution in [0.15, 0.2) is 84.9 Å². The molecule has 2 saturated heterocycles. The van der Waals surface area contributed by atoms with Crippen LogP contribution in [0.2, 0.25) is 30.1 Å². The third kappa shape index (κ3) is 11.7. The van der Waals surface area contributed by atoms with Gasteiger partial charge in [-0.1, -0.05) is 107 Å². The molecule has 2 aromatic heterocycles. The number of hydrazine groups is 2. The number of hydrogen-bond donors (Lipinski definition) is 3. The van der Waals surface area contributed by atoms with Gasteiger partial charge in [0.15, 0.2) is 0 Å². The van der Waals surface area contributed by atoms with Gasteiger partial charge in [0.2, 0.25) is 5.91 Å². The monoisotopic (exact) mass is 1020 g/mol. The SMILES string of the molecule is NN1CCCCC1.O=C(NN1CCCCC1)C1CCCc2c1nn(-c1ccc(Cl)cc1Cl)c2-c1ccc(Cl)cc1.O=C(O)C1CCCc2c1nn(-c1ccc(Cl)cc1Cl)c2-c1ccc(Cl)cc1. The predicted molar refractivity (Wildman–Crippen MR) is 270 cm³/mol. The molecule has 11 nitrogen and oxygen atoms in total. The van der Waals surface area contributed by atoms with Gasteiger partial charge >= 0.3 is 5.97 Å². The highest BCUT2D eigenvalue weighted by Gasteiger charge is 2.35. The van der Waals surface area contributed by atoms with Crippen LogP contribution in [0, 0.1) is 0 Å². The number of carboxylic acids is 1. The maximum Gasteiger partial charge on any atom is 0.312 e.